The van der Waals surface area contributed by atoms with Gasteiger partial charge in [0, 0.05) is 6.20 Å². The van der Waals surface area contributed by atoms with Gasteiger partial charge in [-0.15, -0.1) is 0 Å². The lowest BCUT2D eigenvalue weighted by Crippen LogP contribution is -2.31. The molecule has 3 aromatic rings. The molecule has 0 N–H and O–H groups in total. The number of hydrogen-bond acceptors (Lipinski definition) is 4. The summed E-state index contributed by atoms with van der Waals surface area (Å²) in [6, 6.07) is 14.4. The Bertz CT molecular complexity index is 936. The van der Waals surface area contributed by atoms with Crippen LogP contribution in [0.4, 0.5) is 0 Å². The van der Waals surface area contributed by atoms with Gasteiger partial charge in [-0.25, -0.2) is 8.42 Å². The largest absolute Gasteiger partial charge is 0.468 e. The van der Waals surface area contributed by atoms with E-state index in [1.807, 2.05) is 31.2 Å². The molecular formula is C19H20N2O3S. The highest BCUT2D eigenvalue weighted by Gasteiger charge is 2.27. The van der Waals surface area contributed by atoms with Crippen LogP contribution >= 0.6 is 0 Å². The Morgan fingerprint density at radius 3 is 2.56 bits per heavy atom. The molecule has 0 aliphatic heterocycles. The highest BCUT2D eigenvalue weighted by atomic mass is 32.2. The van der Waals surface area contributed by atoms with Crippen LogP contribution in [0.1, 0.15) is 22.6 Å². The minimum Gasteiger partial charge on any atom is -0.468 e. The highest BCUT2D eigenvalue weighted by Crippen LogP contribution is 2.24. The van der Waals surface area contributed by atoms with Gasteiger partial charge in [0.15, 0.2) is 0 Å². The van der Waals surface area contributed by atoms with Gasteiger partial charge in [0.2, 0.25) is 10.0 Å². The van der Waals surface area contributed by atoms with Crippen molar-refractivity contribution < 1.29 is 12.8 Å². The molecule has 0 saturated heterocycles. The standard InChI is InChI=1S/C19H20N2O3S/c1-15-8-9-16(2)19(12-15)25(22,23)21(14-18-7-5-11-24-18)13-17-6-3-4-10-20-17/h3-12H,13-14H2,1-2H3. The van der Waals surface area contributed by atoms with Crippen molar-refractivity contribution >= 4 is 10.0 Å². The molecular weight excluding hydrogens is 336 g/mol. The second kappa shape index (κ2) is 7.21. The number of aryl methyl sites for hydroxylation is 2. The van der Waals surface area contributed by atoms with Crippen molar-refractivity contribution in [2.45, 2.75) is 31.8 Å². The number of nitrogens with zero attached hydrogens (tertiary/aromatic N) is 2. The van der Waals surface area contributed by atoms with Gasteiger partial charge in [-0.05, 0) is 55.3 Å². The molecule has 2 aromatic heterocycles. The van der Waals surface area contributed by atoms with Crippen molar-refractivity contribution in [1.82, 2.24) is 9.29 Å². The minimum atomic E-state index is -3.70. The van der Waals surface area contributed by atoms with E-state index in [-0.39, 0.29) is 13.1 Å². The van der Waals surface area contributed by atoms with Crippen LogP contribution < -0.4 is 0 Å². The van der Waals surface area contributed by atoms with Gasteiger partial charge < -0.3 is 4.42 Å². The van der Waals surface area contributed by atoms with Gasteiger partial charge in [-0.1, -0.05) is 18.2 Å². The number of aromatic nitrogens is 1. The third kappa shape index (κ3) is 3.97. The third-order valence-corrected chi connectivity index (χ3v) is 5.87. The second-order valence-corrected chi connectivity index (χ2v) is 7.85. The van der Waals surface area contributed by atoms with Crippen LogP contribution in [-0.2, 0) is 23.1 Å². The van der Waals surface area contributed by atoms with Crippen molar-refractivity contribution in [2.75, 3.05) is 0 Å². The molecule has 0 unspecified atom stereocenters. The number of sulfonamides is 1. The zero-order valence-electron chi connectivity index (χ0n) is 14.2. The topological polar surface area (TPSA) is 63.4 Å². The average Bonchev–Trinajstić information content (AvgIpc) is 3.10. The van der Waals surface area contributed by atoms with E-state index in [1.165, 1.54) is 4.31 Å². The van der Waals surface area contributed by atoms with Crippen LogP contribution in [0.3, 0.4) is 0 Å². The molecule has 0 radical (unpaired) electrons. The summed E-state index contributed by atoms with van der Waals surface area (Å²) >= 11 is 0. The average molecular weight is 356 g/mol. The van der Waals surface area contributed by atoms with E-state index in [2.05, 4.69) is 4.98 Å². The second-order valence-electron chi connectivity index (χ2n) is 5.94. The van der Waals surface area contributed by atoms with E-state index in [1.54, 1.807) is 43.6 Å². The first-order valence-corrected chi connectivity index (χ1v) is 9.40. The molecule has 3 rings (SSSR count). The number of furan rings is 1. The van der Waals surface area contributed by atoms with E-state index >= 15 is 0 Å². The molecule has 0 saturated carbocycles. The monoisotopic (exact) mass is 356 g/mol. The Balaban J connectivity index is 2.01. The smallest absolute Gasteiger partial charge is 0.244 e. The lowest BCUT2D eigenvalue weighted by Gasteiger charge is -2.22. The van der Waals surface area contributed by atoms with Crippen molar-refractivity contribution in [1.29, 1.82) is 0 Å². The number of benzene rings is 1. The van der Waals surface area contributed by atoms with Gasteiger partial charge in [0.1, 0.15) is 5.76 Å². The van der Waals surface area contributed by atoms with E-state index < -0.39 is 10.0 Å². The lowest BCUT2D eigenvalue weighted by molar-refractivity contribution is 0.355. The van der Waals surface area contributed by atoms with Crippen molar-refractivity contribution in [2.24, 2.45) is 0 Å². The summed E-state index contributed by atoms with van der Waals surface area (Å²) < 4.78 is 33.3. The normalized spacial score (nSPS) is 11.8. The fourth-order valence-electron chi connectivity index (χ4n) is 2.60. The summed E-state index contributed by atoms with van der Waals surface area (Å²) in [5.74, 6) is 0.588. The van der Waals surface area contributed by atoms with E-state index in [4.69, 9.17) is 4.42 Å². The molecule has 6 heteroatoms. The fraction of sp³-hybridized carbons (Fsp3) is 0.211. The fourth-order valence-corrected chi connectivity index (χ4v) is 4.29. The van der Waals surface area contributed by atoms with Crippen LogP contribution in [0.5, 0.6) is 0 Å². The molecule has 5 nitrogen and oxygen atoms in total. The Morgan fingerprint density at radius 1 is 1.04 bits per heavy atom. The summed E-state index contributed by atoms with van der Waals surface area (Å²) in [4.78, 5) is 4.57. The first kappa shape index (κ1) is 17.4. The van der Waals surface area contributed by atoms with Crippen molar-refractivity contribution in [3.63, 3.8) is 0 Å². The van der Waals surface area contributed by atoms with Gasteiger partial charge >= 0.3 is 0 Å². The van der Waals surface area contributed by atoms with Crippen molar-refractivity contribution in [3.05, 3.63) is 83.6 Å². The molecule has 2 heterocycles. The molecule has 0 atom stereocenters. The van der Waals surface area contributed by atoms with Crippen LogP contribution in [-0.4, -0.2) is 17.7 Å². The number of pyridine rings is 1. The molecule has 0 amide bonds. The van der Waals surface area contributed by atoms with Gasteiger partial charge in [-0.3, -0.25) is 4.98 Å². The van der Waals surface area contributed by atoms with Gasteiger partial charge in [0.05, 0.1) is 29.9 Å². The molecule has 0 aliphatic carbocycles. The summed E-state index contributed by atoms with van der Waals surface area (Å²) in [5, 5.41) is 0. The molecule has 130 valence electrons. The van der Waals surface area contributed by atoms with Gasteiger partial charge in [0.25, 0.3) is 0 Å². The Labute approximate surface area is 148 Å². The predicted molar refractivity (Wildman–Crippen MR) is 95.3 cm³/mol. The molecule has 0 bridgehead atoms. The number of rotatable bonds is 6. The third-order valence-electron chi connectivity index (χ3n) is 3.94. The van der Waals surface area contributed by atoms with Crippen LogP contribution in [0.25, 0.3) is 0 Å². The summed E-state index contributed by atoms with van der Waals surface area (Å²) in [7, 11) is -3.70. The molecule has 25 heavy (non-hydrogen) atoms. The summed E-state index contributed by atoms with van der Waals surface area (Å²) in [6.45, 7) is 4.02. The highest BCUT2D eigenvalue weighted by molar-refractivity contribution is 7.89. The quantitative estimate of drug-likeness (QED) is 0.676. The number of hydrogen-bond donors (Lipinski definition) is 0. The maximum absolute atomic E-state index is 13.3. The summed E-state index contributed by atoms with van der Waals surface area (Å²) in [5.41, 5.74) is 2.30. The van der Waals surface area contributed by atoms with Gasteiger partial charge in [-0.2, -0.15) is 4.31 Å². The Kier molecular flexibility index (Phi) is 5.01. The van der Waals surface area contributed by atoms with Crippen LogP contribution in [0.2, 0.25) is 0 Å². The maximum atomic E-state index is 13.3. The van der Waals surface area contributed by atoms with Crippen LogP contribution in [0.15, 0.2) is 70.3 Å². The summed E-state index contributed by atoms with van der Waals surface area (Å²) in [6.07, 6.45) is 3.20. The Morgan fingerprint density at radius 2 is 1.88 bits per heavy atom. The molecule has 0 spiro atoms. The molecule has 1 aromatic carbocycles. The minimum absolute atomic E-state index is 0.152. The van der Waals surface area contributed by atoms with Crippen molar-refractivity contribution in [3.8, 4) is 0 Å². The lowest BCUT2D eigenvalue weighted by atomic mass is 10.2. The van der Waals surface area contributed by atoms with E-state index in [0.717, 1.165) is 11.1 Å². The van der Waals surface area contributed by atoms with E-state index in [9.17, 15) is 8.42 Å². The first-order chi connectivity index (χ1) is 12.0. The predicted octanol–water partition coefficient (Wildman–Crippen LogP) is 3.68. The zero-order valence-corrected chi connectivity index (χ0v) is 15.0. The van der Waals surface area contributed by atoms with Crippen LogP contribution in [0, 0.1) is 13.8 Å². The SMILES string of the molecule is Cc1ccc(C)c(S(=O)(=O)N(Cc2ccccn2)Cc2ccco2)c1. The van der Waals surface area contributed by atoms with E-state index in [0.29, 0.717) is 16.3 Å². The molecule has 0 aliphatic rings. The Hall–Kier alpha value is -2.44. The first-order valence-electron chi connectivity index (χ1n) is 7.96. The molecule has 0 fully saturated rings. The zero-order chi connectivity index (χ0) is 17.9. The maximum Gasteiger partial charge on any atom is 0.244 e.